The van der Waals surface area contributed by atoms with Crippen LogP contribution in [0.2, 0.25) is 0 Å². The topological polar surface area (TPSA) is 128 Å². The first kappa shape index (κ1) is 20.2. The molecule has 164 valence electrons. The molecule has 30 heavy (non-hydrogen) atoms. The summed E-state index contributed by atoms with van der Waals surface area (Å²) in [5.74, 6) is -0.342. The average molecular weight is 419 g/mol. The number of carbonyl (C=O) groups is 1. The number of aliphatic carboxylic acids is 1. The van der Waals surface area contributed by atoms with Gasteiger partial charge in [0.05, 0.1) is 0 Å². The third kappa shape index (κ3) is 3.05. The highest BCUT2D eigenvalue weighted by molar-refractivity contribution is 5.73. The molecule has 1 saturated carbocycles. The molecule has 2 bridgehead atoms. The van der Waals surface area contributed by atoms with Gasteiger partial charge in [-0.3, -0.25) is 0 Å². The molecule has 3 unspecified atom stereocenters. The molecule has 0 radical (unpaired) electrons. The molecule has 0 spiro atoms. The number of aliphatic hydroxyl groups excluding tert-OH is 3. The molecule has 3 fully saturated rings. The Balaban J connectivity index is 1.44. The lowest BCUT2D eigenvalue weighted by Gasteiger charge is -2.56. The molecule has 0 aromatic heterocycles. The normalized spacial score (nSPS) is 42.7. The van der Waals surface area contributed by atoms with Crippen molar-refractivity contribution in [3.8, 4) is 5.75 Å². The first-order valence-electron chi connectivity index (χ1n) is 10.9. The smallest absolute Gasteiger partial charge is 0.335 e. The molecule has 2 heterocycles. The molecule has 1 aromatic rings. The van der Waals surface area contributed by atoms with Gasteiger partial charge in [-0.1, -0.05) is 18.9 Å². The van der Waals surface area contributed by atoms with Crippen LogP contribution >= 0.6 is 0 Å². The van der Waals surface area contributed by atoms with Crippen molar-refractivity contribution in [2.45, 2.75) is 80.7 Å². The van der Waals surface area contributed by atoms with E-state index < -0.39 is 36.7 Å². The standard InChI is InChI=1S/C22H29NO7/c24-16-17(25)19(20(27)28)30-21(18(16)26)29-12-5-4-11-9-15-13-3-1-2-6-22(13,7-8-23-15)14(11)10-12/h4-5,10,13,15-19,21,23-26H,1-3,6-9H2,(H,27,28)/t13-,15+,16?,17+,18?,19?,21-,22+/m1/s1. The molecular formula is C22H29NO7. The van der Waals surface area contributed by atoms with Gasteiger partial charge in [0, 0.05) is 11.5 Å². The zero-order valence-corrected chi connectivity index (χ0v) is 16.7. The van der Waals surface area contributed by atoms with Crippen LogP contribution in [0.4, 0.5) is 0 Å². The summed E-state index contributed by atoms with van der Waals surface area (Å²) in [6.45, 7) is 1.00. The van der Waals surface area contributed by atoms with Crippen molar-refractivity contribution < 1.29 is 34.7 Å². The monoisotopic (exact) mass is 419 g/mol. The maximum atomic E-state index is 11.3. The van der Waals surface area contributed by atoms with E-state index in [4.69, 9.17) is 9.47 Å². The van der Waals surface area contributed by atoms with E-state index in [1.165, 1.54) is 30.4 Å². The van der Waals surface area contributed by atoms with Crippen molar-refractivity contribution in [1.29, 1.82) is 0 Å². The second-order valence-corrected chi connectivity index (χ2v) is 9.20. The quantitative estimate of drug-likeness (QED) is 0.473. The van der Waals surface area contributed by atoms with Gasteiger partial charge in [0.15, 0.2) is 6.10 Å². The van der Waals surface area contributed by atoms with Gasteiger partial charge in [-0.05, 0) is 61.4 Å². The molecule has 4 aliphatic rings. The molecule has 0 amide bonds. The summed E-state index contributed by atoms with van der Waals surface area (Å²) in [5.41, 5.74) is 2.73. The molecule has 8 heteroatoms. The van der Waals surface area contributed by atoms with Gasteiger partial charge < -0.3 is 35.2 Å². The highest BCUT2D eigenvalue weighted by Crippen LogP contribution is 2.54. The number of nitrogens with one attached hydrogen (secondary N) is 1. The van der Waals surface area contributed by atoms with Gasteiger partial charge in [0.1, 0.15) is 24.1 Å². The van der Waals surface area contributed by atoms with Gasteiger partial charge in [0.25, 0.3) is 0 Å². The van der Waals surface area contributed by atoms with E-state index in [9.17, 15) is 25.2 Å². The Bertz CT molecular complexity index is 828. The Hall–Kier alpha value is -1.71. The van der Waals surface area contributed by atoms with Crippen molar-refractivity contribution in [1.82, 2.24) is 5.32 Å². The second-order valence-electron chi connectivity index (χ2n) is 9.20. The number of carboxylic acid groups (broad SMARTS) is 1. The molecule has 8 nitrogen and oxygen atoms in total. The highest BCUT2D eigenvalue weighted by Gasteiger charge is 2.52. The molecule has 2 saturated heterocycles. The Morgan fingerprint density at radius 1 is 1.13 bits per heavy atom. The number of fused-ring (bicyclic) bond motifs is 1. The van der Waals surface area contributed by atoms with E-state index in [2.05, 4.69) is 5.32 Å². The Morgan fingerprint density at radius 3 is 2.77 bits per heavy atom. The van der Waals surface area contributed by atoms with Crippen molar-refractivity contribution in [3.63, 3.8) is 0 Å². The number of carboxylic acids is 1. The van der Waals surface area contributed by atoms with Crippen molar-refractivity contribution in [2.75, 3.05) is 6.54 Å². The predicted molar refractivity (Wildman–Crippen MR) is 105 cm³/mol. The number of benzene rings is 1. The molecule has 5 rings (SSSR count). The fourth-order valence-corrected chi connectivity index (χ4v) is 6.26. The van der Waals surface area contributed by atoms with Crippen LogP contribution in [0.5, 0.6) is 5.75 Å². The summed E-state index contributed by atoms with van der Waals surface area (Å²) in [7, 11) is 0. The molecule has 8 atom stereocenters. The van der Waals surface area contributed by atoms with E-state index in [1.54, 1.807) is 6.07 Å². The van der Waals surface area contributed by atoms with Crippen LogP contribution in [0.3, 0.4) is 0 Å². The van der Waals surface area contributed by atoms with E-state index in [1.807, 2.05) is 12.1 Å². The van der Waals surface area contributed by atoms with Crippen LogP contribution in [-0.2, 0) is 21.4 Å². The van der Waals surface area contributed by atoms with Crippen LogP contribution in [0.25, 0.3) is 0 Å². The van der Waals surface area contributed by atoms with Gasteiger partial charge in [-0.15, -0.1) is 0 Å². The molecule has 1 aromatic carbocycles. The Kier molecular flexibility index (Phi) is 5.02. The molecule has 5 N–H and O–H groups in total. The summed E-state index contributed by atoms with van der Waals surface area (Å²) < 4.78 is 11.1. The van der Waals surface area contributed by atoms with E-state index in [0.29, 0.717) is 17.7 Å². The third-order valence-electron chi connectivity index (χ3n) is 7.68. The lowest BCUT2D eigenvalue weighted by atomic mass is 9.53. The number of aliphatic hydroxyl groups is 3. The summed E-state index contributed by atoms with van der Waals surface area (Å²) in [6, 6.07) is 6.37. The van der Waals surface area contributed by atoms with Crippen LogP contribution in [-0.4, -0.2) is 69.7 Å². The largest absolute Gasteiger partial charge is 0.479 e. The molecule has 2 aliphatic heterocycles. The lowest BCUT2D eigenvalue weighted by Crippen LogP contribution is -2.61. The predicted octanol–water partition coefficient (Wildman–Crippen LogP) is 0.304. The summed E-state index contributed by atoms with van der Waals surface area (Å²) in [5, 5.41) is 43.1. The Morgan fingerprint density at radius 2 is 1.97 bits per heavy atom. The minimum atomic E-state index is -1.73. The summed E-state index contributed by atoms with van der Waals surface area (Å²) >= 11 is 0. The van der Waals surface area contributed by atoms with Crippen molar-refractivity contribution in [3.05, 3.63) is 29.3 Å². The molecule has 2 aliphatic carbocycles. The summed E-state index contributed by atoms with van der Waals surface area (Å²) in [4.78, 5) is 11.3. The second kappa shape index (κ2) is 7.46. The van der Waals surface area contributed by atoms with Gasteiger partial charge >= 0.3 is 5.97 Å². The SMILES string of the molecule is O=C(O)C1O[C@@H](Oc2ccc3c(c2)[C@]24CCCC[C@@H]2[C@H](C3)NCC4)C(O)C(O)[C@@H]1O. The minimum absolute atomic E-state index is 0.131. The fraction of sp³-hybridized carbons (Fsp3) is 0.682. The van der Waals surface area contributed by atoms with Gasteiger partial charge in [-0.25, -0.2) is 4.79 Å². The number of hydrogen-bond donors (Lipinski definition) is 5. The number of piperidine rings is 1. The van der Waals surface area contributed by atoms with Gasteiger partial charge in [0.2, 0.25) is 6.29 Å². The number of rotatable bonds is 3. The van der Waals surface area contributed by atoms with Crippen LogP contribution < -0.4 is 10.1 Å². The van der Waals surface area contributed by atoms with E-state index in [0.717, 1.165) is 25.8 Å². The lowest BCUT2D eigenvalue weighted by molar-refractivity contribution is -0.271. The fourth-order valence-electron chi connectivity index (χ4n) is 6.26. The van der Waals surface area contributed by atoms with Crippen LogP contribution in [0, 0.1) is 5.92 Å². The van der Waals surface area contributed by atoms with Crippen molar-refractivity contribution in [2.24, 2.45) is 5.92 Å². The first-order chi connectivity index (χ1) is 14.4. The first-order valence-corrected chi connectivity index (χ1v) is 10.9. The highest BCUT2D eigenvalue weighted by atomic mass is 16.7. The van der Waals surface area contributed by atoms with E-state index >= 15 is 0 Å². The third-order valence-corrected chi connectivity index (χ3v) is 7.68. The minimum Gasteiger partial charge on any atom is -0.479 e. The zero-order chi connectivity index (χ0) is 21.0. The van der Waals surface area contributed by atoms with Crippen molar-refractivity contribution >= 4 is 5.97 Å². The number of hydrogen-bond acceptors (Lipinski definition) is 7. The maximum Gasteiger partial charge on any atom is 0.335 e. The maximum absolute atomic E-state index is 11.3. The van der Waals surface area contributed by atoms with E-state index in [-0.39, 0.29) is 5.41 Å². The van der Waals surface area contributed by atoms with Crippen LogP contribution in [0.1, 0.15) is 43.2 Å². The van der Waals surface area contributed by atoms with Gasteiger partial charge in [-0.2, -0.15) is 0 Å². The molecular weight excluding hydrogens is 390 g/mol. The number of ether oxygens (including phenoxy) is 2. The Labute approximate surface area is 174 Å². The average Bonchev–Trinajstić information content (AvgIpc) is 2.74. The van der Waals surface area contributed by atoms with Crippen LogP contribution in [0.15, 0.2) is 18.2 Å². The summed E-state index contributed by atoms with van der Waals surface area (Å²) in [6.07, 6.45) is -1.10. The zero-order valence-electron chi connectivity index (χ0n) is 16.7.